The zero-order valence-electron chi connectivity index (χ0n) is 11.9. The first-order valence-electron chi connectivity index (χ1n) is 6.84. The third-order valence-corrected chi connectivity index (χ3v) is 3.18. The summed E-state index contributed by atoms with van der Waals surface area (Å²) in [5.41, 5.74) is 1.04. The van der Waals surface area contributed by atoms with E-state index in [-0.39, 0.29) is 17.8 Å². The van der Waals surface area contributed by atoms with E-state index in [1.165, 1.54) is 12.1 Å². The Morgan fingerprint density at radius 1 is 1.45 bits per heavy atom. The normalized spacial score (nSPS) is 12.3. The van der Waals surface area contributed by atoms with E-state index in [0.717, 1.165) is 0 Å². The van der Waals surface area contributed by atoms with E-state index in [2.05, 4.69) is 15.4 Å². The molecule has 7 heteroatoms. The van der Waals surface area contributed by atoms with Gasteiger partial charge in [-0.3, -0.25) is 9.89 Å². The largest absolute Gasteiger partial charge is 0.489 e. The van der Waals surface area contributed by atoms with E-state index in [1.807, 2.05) is 6.92 Å². The maximum atomic E-state index is 12.8. The number of fused-ring (bicyclic) bond motifs is 1. The summed E-state index contributed by atoms with van der Waals surface area (Å²) < 4.78 is 20.1. The molecule has 0 aliphatic carbocycles. The van der Waals surface area contributed by atoms with Crippen molar-refractivity contribution >= 4 is 11.6 Å². The number of imidazole rings is 1. The molecule has 3 aromatic rings. The number of nitrogens with one attached hydrogen (secondary N) is 2. The minimum atomic E-state index is -0.315. The molecule has 0 saturated heterocycles. The van der Waals surface area contributed by atoms with Gasteiger partial charge in [0.1, 0.15) is 23.2 Å². The van der Waals surface area contributed by atoms with Crippen LogP contribution in [0.3, 0.4) is 0 Å². The molecule has 6 nitrogen and oxygen atoms in total. The molecule has 0 saturated carbocycles. The molecule has 0 aliphatic rings. The maximum absolute atomic E-state index is 12.8. The number of nitrogens with zero attached hydrogens (tertiary/aromatic N) is 2. The minimum Gasteiger partial charge on any atom is -0.489 e. The number of amides is 1. The first-order valence-corrected chi connectivity index (χ1v) is 6.84. The van der Waals surface area contributed by atoms with Crippen LogP contribution in [0.25, 0.3) is 5.65 Å². The lowest BCUT2D eigenvalue weighted by Gasteiger charge is -2.15. The van der Waals surface area contributed by atoms with Gasteiger partial charge in [0, 0.05) is 18.6 Å². The molecule has 2 aromatic heterocycles. The second-order valence-electron chi connectivity index (χ2n) is 4.90. The fourth-order valence-corrected chi connectivity index (χ4v) is 2.09. The second-order valence-corrected chi connectivity index (χ2v) is 4.90. The van der Waals surface area contributed by atoms with Crippen LogP contribution in [0, 0.1) is 5.82 Å². The highest BCUT2D eigenvalue weighted by Crippen LogP contribution is 2.13. The van der Waals surface area contributed by atoms with Crippen molar-refractivity contribution < 1.29 is 13.9 Å². The highest BCUT2D eigenvalue weighted by Gasteiger charge is 2.14. The van der Waals surface area contributed by atoms with Crippen LogP contribution in [0.5, 0.6) is 5.75 Å². The van der Waals surface area contributed by atoms with Crippen LogP contribution in [0.1, 0.15) is 17.3 Å². The SMILES string of the molecule is CC(CNC(=O)c1c[nH]n2ccnc12)Oc1ccc(F)cc1. The summed E-state index contributed by atoms with van der Waals surface area (Å²) >= 11 is 0. The van der Waals surface area contributed by atoms with Gasteiger partial charge in [0.05, 0.1) is 6.54 Å². The fraction of sp³-hybridized carbons (Fsp3) is 0.200. The summed E-state index contributed by atoms with van der Waals surface area (Å²) in [7, 11) is 0. The molecule has 2 heterocycles. The van der Waals surface area contributed by atoms with Gasteiger partial charge in [0.25, 0.3) is 5.91 Å². The van der Waals surface area contributed by atoms with Gasteiger partial charge < -0.3 is 10.1 Å². The molecule has 1 unspecified atom stereocenters. The summed E-state index contributed by atoms with van der Waals surface area (Å²) in [4.78, 5) is 16.2. The summed E-state index contributed by atoms with van der Waals surface area (Å²) in [6.07, 6.45) is 4.70. The molecule has 1 amide bonds. The van der Waals surface area contributed by atoms with Crippen LogP contribution >= 0.6 is 0 Å². The van der Waals surface area contributed by atoms with Crippen molar-refractivity contribution in [3.63, 3.8) is 0 Å². The molecule has 3 rings (SSSR count). The summed E-state index contributed by atoms with van der Waals surface area (Å²) in [6.45, 7) is 2.15. The Bertz CT molecular complexity index is 778. The van der Waals surface area contributed by atoms with Crippen LogP contribution in [0.15, 0.2) is 42.9 Å². The number of benzene rings is 1. The number of aromatic nitrogens is 3. The van der Waals surface area contributed by atoms with Gasteiger partial charge in [-0.25, -0.2) is 13.9 Å². The van der Waals surface area contributed by atoms with E-state index in [4.69, 9.17) is 4.74 Å². The van der Waals surface area contributed by atoms with Gasteiger partial charge in [-0.2, -0.15) is 0 Å². The number of rotatable bonds is 5. The third kappa shape index (κ3) is 2.93. The zero-order valence-corrected chi connectivity index (χ0v) is 11.9. The van der Waals surface area contributed by atoms with E-state index in [1.54, 1.807) is 35.2 Å². The van der Waals surface area contributed by atoms with Crippen LogP contribution in [-0.2, 0) is 0 Å². The molecule has 2 N–H and O–H groups in total. The van der Waals surface area contributed by atoms with Crippen molar-refractivity contribution in [2.24, 2.45) is 0 Å². The first-order chi connectivity index (χ1) is 10.6. The average Bonchev–Trinajstić information content (AvgIpc) is 3.10. The van der Waals surface area contributed by atoms with Crippen molar-refractivity contribution in [2.75, 3.05) is 6.54 Å². The Labute approximate surface area is 125 Å². The molecule has 1 atom stereocenters. The van der Waals surface area contributed by atoms with E-state index < -0.39 is 0 Å². The van der Waals surface area contributed by atoms with Gasteiger partial charge in [-0.05, 0) is 31.2 Å². The number of ether oxygens (including phenoxy) is 1. The molecule has 0 radical (unpaired) electrons. The smallest absolute Gasteiger partial charge is 0.256 e. The Kier molecular flexibility index (Phi) is 3.78. The summed E-state index contributed by atoms with van der Waals surface area (Å²) in [5.74, 6) is 0.0110. The second kappa shape index (κ2) is 5.88. The van der Waals surface area contributed by atoms with Crippen molar-refractivity contribution in [3.8, 4) is 5.75 Å². The number of hydrogen-bond acceptors (Lipinski definition) is 3. The van der Waals surface area contributed by atoms with Gasteiger partial charge >= 0.3 is 0 Å². The average molecular weight is 302 g/mol. The van der Waals surface area contributed by atoms with Crippen molar-refractivity contribution in [3.05, 3.63) is 54.2 Å². The lowest BCUT2D eigenvalue weighted by Crippen LogP contribution is -2.33. The monoisotopic (exact) mass is 302 g/mol. The summed E-state index contributed by atoms with van der Waals surface area (Å²) in [6, 6.07) is 5.76. The predicted octanol–water partition coefficient (Wildman–Crippen LogP) is 2.00. The molecule has 22 heavy (non-hydrogen) atoms. The fourth-order valence-electron chi connectivity index (χ4n) is 2.09. The van der Waals surface area contributed by atoms with Gasteiger partial charge in [0.15, 0.2) is 5.65 Å². The molecule has 0 fully saturated rings. The minimum absolute atomic E-state index is 0.230. The number of hydrogen-bond donors (Lipinski definition) is 2. The maximum Gasteiger partial charge on any atom is 0.256 e. The highest BCUT2D eigenvalue weighted by molar-refractivity contribution is 5.99. The van der Waals surface area contributed by atoms with Crippen molar-refractivity contribution in [2.45, 2.75) is 13.0 Å². The number of halogens is 1. The summed E-state index contributed by atoms with van der Waals surface area (Å²) in [5, 5.41) is 5.70. The Morgan fingerprint density at radius 3 is 3.00 bits per heavy atom. The first kappa shape index (κ1) is 14.1. The van der Waals surface area contributed by atoms with E-state index >= 15 is 0 Å². The highest BCUT2D eigenvalue weighted by atomic mass is 19.1. The molecule has 1 aromatic carbocycles. The molecular weight excluding hydrogens is 287 g/mol. The Balaban J connectivity index is 1.56. The van der Waals surface area contributed by atoms with Gasteiger partial charge in [-0.1, -0.05) is 0 Å². The van der Waals surface area contributed by atoms with E-state index in [9.17, 15) is 9.18 Å². The van der Waals surface area contributed by atoms with Crippen LogP contribution in [0.4, 0.5) is 4.39 Å². The number of aromatic amines is 1. The lowest BCUT2D eigenvalue weighted by atomic mass is 10.3. The van der Waals surface area contributed by atoms with Crippen LogP contribution in [-0.4, -0.2) is 33.2 Å². The van der Waals surface area contributed by atoms with Crippen LogP contribution in [0.2, 0.25) is 0 Å². The molecule has 0 spiro atoms. The van der Waals surface area contributed by atoms with Crippen molar-refractivity contribution in [1.29, 1.82) is 0 Å². The predicted molar refractivity (Wildman–Crippen MR) is 78.4 cm³/mol. The quantitative estimate of drug-likeness (QED) is 0.757. The zero-order chi connectivity index (χ0) is 15.5. The molecule has 0 aliphatic heterocycles. The molecular formula is C15H15FN4O2. The lowest BCUT2D eigenvalue weighted by molar-refractivity contribution is 0.0933. The number of carbonyl (C=O) groups excluding carboxylic acids is 1. The standard InChI is InChI=1S/C15H15FN4O2/c1-10(22-12-4-2-11(16)3-5-12)8-18-15(21)13-9-19-20-7-6-17-14(13)20/h2-7,9-10,19H,8H2,1H3,(H,18,21). The Hall–Kier alpha value is -2.83. The Morgan fingerprint density at radius 2 is 2.23 bits per heavy atom. The topological polar surface area (TPSA) is 71.4 Å². The number of H-pyrrole nitrogens is 1. The van der Waals surface area contributed by atoms with Crippen molar-refractivity contribution in [1.82, 2.24) is 19.9 Å². The number of carbonyl (C=O) groups is 1. The molecule has 0 bridgehead atoms. The third-order valence-electron chi connectivity index (χ3n) is 3.18. The van der Waals surface area contributed by atoms with Crippen LogP contribution < -0.4 is 10.1 Å². The van der Waals surface area contributed by atoms with E-state index in [0.29, 0.717) is 23.5 Å². The van der Waals surface area contributed by atoms with Gasteiger partial charge in [-0.15, -0.1) is 0 Å². The molecule has 114 valence electrons. The van der Waals surface area contributed by atoms with Gasteiger partial charge in [0.2, 0.25) is 0 Å².